The first kappa shape index (κ1) is 24.2. The van der Waals surface area contributed by atoms with Gasteiger partial charge in [0, 0.05) is 21.4 Å². The van der Waals surface area contributed by atoms with Gasteiger partial charge in [-0.15, -0.1) is 0 Å². The van der Waals surface area contributed by atoms with Crippen molar-refractivity contribution in [3.8, 4) is 0 Å². The van der Waals surface area contributed by atoms with Gasteiger partial charge in [-0.2, -0.15) is 0 Å². The largest absolute Gasteiger partial charge is 0.332 e. The van der Waals surface area contributed by atoms with Crippen LogP contribution in [-0.4, -0.2) is 21.9 Å². The summed E-state index contributed by atoms with van der Waals surface area (Å²) in [6.07, 6.45) is 0. The van der Waals surface area contributed by atoms with Gasteiger partial charge in [-0.3, -0.25) is 4.72 Å². The lowest BCUT2D eigenvalue weighted by molar-refractivity contribution is 0.597. The molecule has 3 aromatic carbocycles. The van der Waals surface area contributed by atoms with Gasteiger partial charge >= 0.3 is 0 Å². The third kappa shape index (κ3) is 6.55. The number of anilines is 3. The molecular weight excluding hydrogens is 515 g/mol. The van der Waals surface area contributed by atoms with Gasteiger partial charge < -0.3 is 10.6 Å². The molecule has 0 saturated carbocycles. The predicted molar refractivity (Wildman–Crippen MR) is 131 cm³/mol. The zero-order valence-electron chi connectivity index (χ0n) is 16.0. The Bertz CT molecular complexity index is 1340. The number of thiocarbonyl (C=S) groups is 1. The molecule has 0 bridgehead atoms. The van der Waals surface area contributed by atoms with E-state index in [0.29, 0.717) is 21.4 Å². The Morgan fingerprint density at radius 1 is 0.719 bits per heavy atom. The smallest absolute Gasteiger partial charge is 0.261 e. The van der Waals surface area contributed by atoms with Crippen LogP contribution in [0.2, 0.25) is 10.0 Å². The summed E-state index contributed by atoms with van der Waals surface area (Å²) in [6.45, 7) is 0. The van der Waals surface area contributed by atoms with Crippen molar-refractivity contribution < 1.29 is 16.8 Å². The van der Waals surface area contributed by atoms with Crippen LogP contribution in [0.5, 0.6) is 0 Å². The van der Waals surface area contributed by atoms with Crippen molar-refractivity contribution in [3.63, 3.8) is 0 Å². The lowest BCUT2D eigenvalue weighted by atomic mass is 10.3. The molecule has 3 aromatic rings. The normalized spacial score (nSPS) is 11.6. The molecule has 0 atom stereocenters. The quantitative estimate of drug-likeness (QED) is 0.350. The van der Waals surface area contributed by atoms with Crippen LogP contribution in [0.25, 0.3) is 0 Å². The molecule has 0 aliphatic rings. The molecule has 3 rings (SSSR count). The van der Waals surface area contributed by atoms with E-state index in [2.05, 4.69) is 15.4 Å². The van der Waals surface area contributed by atoms with Crippen LogP contribution < -0.4 is 20.5 Å². The monoisotopic (exact) mass is 530 g/mol. The molecular formula is C19H16Cl2N4O4S3. The molecule has 0 spiro atoms. The second kappa shape index (κ2) is 9.61. The summed E-state index contributed by atoms with van der Waals surface area (Å²) >= 11 is 17.0. The van der Waals surface area contributed by atoms with E-state index in [0.717, 1.165) is 0 Å². The molecule has 0 aliphatic heterocycles. The molecule has 0 radical (unpaired) electrons. The van der Waals surface area contributed by atoms with Gasteiger partial charge in [0.25, 0.3) is 10.0 Å². The van der Waals surface area contributed by atoms with E-state index in [1.807, 2.05) is 0 Å². The van der Waals surface area contributed by atoms with Crippen LogP contribution in [0.3, 0.4) is 0 Å². The summed E-state index contributed by atoms with van der Waals surface area (Å²) in [5, 5.41) is 11.7. The highest BCUT2D eigenvalue weighted by Gasteiger charge is 2.15. The van der Waals surface area contributed by atoms with Gasteiger partial charge in [0.15, 0.2) is 5.11 Å². The predicted octanol–water partition coefficient (Wildman–Crippen LogP) is 4.25. The van der Waals surface area contributed by atoms with Crippen molar-refractivity contribution in [2.45, 2.75) is 9.79 Å². The Balaban J connectivity index is 1.65. The Morgan fingerprint density at radius 2 is 1.16 bits per heavy atom. The van der Waals surface area contributed by atoms with Gasteiger partial charge in [-0.05, 0) is 78.9 Å². The minimum absolute atomic E-state index is 0.0209. The van der Waals surface area contributed by atoms with Crippen molar-refractivity contribution in [1.29, 1.82) is 0 Å². The maximum absolute atomic E-state index is 12.6. The van der Waals surface area contributed by atoms with E-state index >= 15 is 0 Å². The summed E-state index contributed by atoms with van der Waals surface area (Å²) in [5.41, 5.74) is 1.32. The van der Waals surface area contributed by atoms with Gasteiger partial charge in [0.1, 0.15) is 0 Å². The number of hydrogen-bond acceptors (Lipinski definition) is 5. The number of rotatable bonds is 6. The molecule has 168 valence electrons. The van der Waals surface area contributed by atoms with Crippen LogP contribution in [0.1, 0.15) is 0 Å². The van der Waals surface area contributed by atoms with Crippen molar-refractivity contribution in [2.24, 2.45) is 5.14 Å². The lowest BCUT2D eigenvalue weighted by Gasteiger charge is -2.12. The van der Waals surface area contributed by atoms with E-state index in [1.54, 1.807) is 0 Å². The Kier molecular flexibility index (Phi) is 7.28. The molecule has 0 aromatic heterocycles. The SMILES string of the molecule is NS(=O)(=O)c1ccc(NC(=S)Nc2ccc(S(=O)(=O)Nc3cc(Cl)cc(Cl)c3)cc2)cc1. The third-order valence-electron chi connectivity index (χ3n) is 3.98. The van der Waals surface area contributed by atoms with Crippen LogP contribution >= 0.6 is 35.4 Å². The fourth-order valence-corrected chi connectivity index (χ4v) is 4.88. The van der Waals surface area contributed by atoms with Crippen molar-refractivity contribution >= 4 is 77.6 Å². The van der Waals surface area contributed by atoms with Gasteiger partial charge in [0.05, 0.1) is 15.5 Å². The number of benzene rings is 3. The van der Waals surface area contributed by atoms with E-state index in [-0.39, 0.29) is 20.6 Å². The first-order valence-electron chi connectivity index (χ1n) is 8.72. The summed E-state index contributed by atoms with van der Waals surface area (Å²) in [5.74, 6) is 0. The number of hydrogen-bond donors (Lipinski definition) is 4. The number of halogens is 2. The zero-order chi connectivity index (χ0) is 23.5. The van der Waals surface area contributed by atoms with Crippen molar-refractivity contribution in [3.05, 3.63) is 76.8 Å². The molecule has 0 amide bonds. The first-order valence-corrected chi connectivity index (χ1v) is 12.9. The zero-order valence-corrected chi connectivity index (χ0v) is 20.0. The van der Waals surface area contributed by atoms with Crippen molar-refractivity contribution in [1.82, 2.24) is 0 Å². The molecule has 0 unspecified atom stereocenters. The van der Waals surface area contributed by atoms with Gasteiger partial charge in [-0.25, -0.2) is 22.0 Å². The molecule has 0 fully saturated rings. The number of nitrogens with one attached hydrogen (secondary N) is 3. The molecule has 0 aliphatic carbocycles. The first-order chi connectivity index (χ1) is 14.9. The fourth-order valence-electron chi connectivity index (χ4n) is 2.57. The highest BCUT2D eigenvalue weighted by Crippen LogP contribution is 2.25. The van der Waals surface area contributed by atoms with Crippen molar-refractivity contribution in [2.75, 3.05) is 15.4 Å². The third-order valence-corrected chi connectivity index (χ3v) is 6.94. The molecule has 5 N–H and O–H groups in total. The van der Waals surface area contributed by atoms with Crippen LogP contribution in [-0.2, 0) is 20.0 Å². The van der Waals surface area contributed by atoms with Gasteiger partial charge in [-0.1, -0.05) is 23.2 Å². The number of sulfonamides is 2. The fraction of sp³-hybridized carbons (Fsp3) is 0. The Labute approximate surface area is 200 Å². The van der Waals surface area contributed by atoms with Crippen LogP contribution in [0, 0.1) is 0 Å². The van der Waals surface area contributed by atoms with E-state index < -0.39 is 20.0 Å². The van der Waals surface area contributed by atoms with E-state index in [1.165, 1.54) is 66.7 Å². The number of primary sulfonamides is 1. The average molecular weight is 531 g/mol. The molecule has 0 heterocycles. The van der Waals surface area contributed by atoms with E-state index in [9.17, 15) is 16.8 Å². The molecule has 0 saturated heterocycles. The second-order valence-corrected chi connectivity index (χ2v) is 11.0. The maximum Gasteiger partial charge on any atom is 0.261 e. The Morgan fingerprint density at radius 3 is 1.59 bits per heavy atom. The summed E-state index contributed by atoms with van der Waals surface area (Å²) < 4.78 is 50.2. The topological polar surface area (TPSA) is 130 Å². The van der Waals surface area contributed by atoms with Crippen LogP contribution in [0.4, 0.5) is 17.1 Å². The minimum atomic E-state index is -3.86. The molecule has 8 nitrogen and oxygen atoms in total. The van der Waals surface area contributed by atoms with Crippen LogP contribution in [0.15, 0.2) is 76.5 Å². The standard InChI is InChI=1S/C19H16Cl2N4O4S3/c20-12-9-13(21)11-16(10-12)25-32(28,29)18-7-3-15(4-8-18)24-19(30)23-14-1-5-17(6-2-14)31(22,26)27/h1-11,25H,(H2,22,26,27)(H2,23,24,30). The summed E-state index contributed by atoms with van der Waals surface area (Å²) in [6, 6.07) is 16.0. The number of nitrogens with two attached hydrogens (primary N) is 1. The van der Waals surface area contributed by atoms with Gasteiger partial charge in [0.2, 0.25) is 10.0 Å². The highest BCUT2D eigenvalue weighted by atomic mass is 35.5. The highest BCUT2D eigenvalue weighted by molar-refractivity contribution is 7.92. The molecule has 32 heavy (non-hydrogen) atoms. The second-order valence-electron chi connectivity index (χ2n) is 6.44. The summed E-state index contributed by atoms with van der Waals surface area (Å²) in [4.78, 5) is 0.00369. The molecule has 13 heteroatoms. The lowest BCUT2D eigenvalue weighted by Crippen LogP contribution is -2.19. The average Bonchev–Trinajstić information content (AvgIpc) is 2.67. The maximum atomic E-state index is 12.6. The Hall–Kier alpha value is -2.41. The van der Waals surface area contributed by atoms with E-state index in [4.69, 9.17) is 40.6 Å². The minimum Gasteiger partial charge on any atom is -0.332 e. The summed E-state index contributed by atoms with van der Waals surface area (Å²) in [7, 11) is -7.64.